The maximum atomic E-state index is 8.78. The lowest BCUT2D eigenvalue weighted by Crippen LogP contribution is -2.03. The smallest absolute Gasteiger partial charge is 0.402 e. The van der Waals surface area contributed by atoms with Crippen LogP contribution in [0.25, 0.3) is 0 Å². The zero-order chi connectivity index (χ0) is 14.2. The van der Waals surface area contributed by atoms with Gasteiger partial charge in [-0.1, -0.05) is 0 Å². The molecular formula is C10H24N4O4. The summed E-state index contributed by atoms with van der Waals surface area (Å²) in [5.41, 5.74) is 8.06. The van der Waals surface area contributed by atoms with Gasteiger partial charge in [-0.05, 0) is 51.9 Å². The van der Waals surface area contributed by atoms with E-state index >= 15 is 0 Å². The predicted octanol–water partition coefficient (Wildman–Crippen LogP) is -0.0142. The van der Waals surface area contributed by atoms with Gasteiger partial charge >= 0.3 is 12.2 Å². The number of amides is 2. The molecule has 0 atom stereocenters. The standard InChI is InChI=1S/2C4H9N.2CH3NO2/c2*1-2-4-5-3-1;2*2-1(3)4/h2*5H,1-4H2;2*2H2,(H,3,4). The highest BCUT2D eigenvalue weighted by molar-refractivity contribution is 5.61. The third kappa shape index (κ3) is 36.6. The van der Waals surface area contributed by atoms with Crippen molar-refractivity contribution in [3.63, 3.8) is 0 Å². The van der Waals surface area contributed by atoms with Gasteiger partial charge in [-0.2, -0.15) is 0 Å². The molecule has 2 fully saturated rings. The van der Waals surface area contributed by atoms with Crippen LogP contribution >= 0.6 is 0 Å². The highest BCUT2D eigenvalue weighted by Crippen LogP contribution is 1.90. The van der Waals surface area contributed by atoms with Crippen molar-refractivity contribution < 1.29 is 19.8 Å². The zero-order valence-electron chi connectivity index (χ0n) is 10.5. The van der Waals surface area contributed by atoms with Crippen LogP contribution in [0.1, 0.15) is 25.7 Å². The molecule has 0 saturated carbocycles. The lowest BCUT2D eigenvalue weighted by atomic mass is 10.4. The Morgan fingerprint density at radius 1 is 0.722 bits per heavy atom. The third-order valence-electron chi connectivity index (χ3n) is 1.91. The van der Waals surface area contributed by atoms with Crippen LogP contribution in [0.4, 0.5) is 9.59 Å². The summed E-state index contributed by atoms with van der Waals surface area (Å²) in [5, 5.41) is 20.8. The molecule has 2 saturated heterocycles. The Morgan fingerprint density at radius 3 is 0.944 bits per heavy atom. The van der Waals surface area contributed by atoms with E-state index in [1.807, 2.05) is 0 Å². The van der Waals surface area contributed by atoms with E-state index in [4.69, 9.17) is 19.8 Å². The van der Waals surface area contributed by atoms with Crippen LogP contribution in [0.15, 0.2) is 0 Å². The highest BCUT2D eigenvalue weighted by atomic mass is 16.4. The largest absolute Gasteiger partial charge is 0.465 e. The first-order valence-electron chi connectivity index (χ1n) is 5.85. The Bertz CT molecular complexity index is 161. The molecule has 0 aromatic carbocycles. The fourth-order valence-corrected chi connectivity index (χ4v) is 1.25. The Kier molecular flexibility index (Phi) is 16.2. The fraction of sp³-hybridized carbons (Fsp3) is 0.800. The molecule has 0 unspecified atom stereocenters. The SMILES string of the molecule is C1CCNC1.C1CCNC1.NC(=O)O.NC(=O)O. The minimum atomic E-state index is -1.33. The van der Waals surface area contributed by atoms with E-state index in [9.17, 15) is 0 Å². The van der Waals surface area contributed by atoms with Crippen LogP contribution in [0.5, 0.6) is 0 Å². The lowest BCUT2D eigenvalue weighted by Gasteiger charge is -1.76. The number of nitrogens with two attached hydrogens (primary N) is 2. The zero-order valence-corrected chi connectivity index (χ0v) is 10.5. The number of hydrogen-bond donors (Lipinski definition) is 6. The van der Waals surface area contributed by atoms with E-state index in [1.165, 1.54) is 51.9 Å². The first-order valence-corrected chi connectivity index (χ1v) is 5.85. The first kappa shape index (κ1) is 18.8. The van der Waals surface area contributed by atoms with Crippen molar-refractivity contribution in [3.05, 3.63) is 0 Å². The normalized spacial score (nSPS) is 16.0. The molecule has 8 heteroatoms. The molecule has 18 heavy (non-hydrogen) atoms. The summed E-state index contributed by atoms with van der Waals surface area (Å²) in [6.07, 6.45) is 2.89. The predicted molar refractivity (Wildman–Crippen MR) is 68.6 cm³/mol. The Hall–Kier alpha value is -1.54. The van der Waals surface area contributed by atoms with Crippen molar-refractivity contribution in [1.29, 1.82) is 0 Å². The summed E-state index contributed by atoms with van der Waals surface area (Å²) >= 11 is 0. The first-order chi connectivity index (χ1) is 8.46. The average Bonchev–Trinajstić information content (AvgIpc) is 2.96. The quantitative estimate of drug-likeness (QED) is 0.362. The molecule has 0 radical (unpaired) electrons. The number of carboxylic acid groups (broad SMARTS) is 2. The number of hydrogen-bond acceptors (Lipinski definition) is 4. The summed E-state index contributed by atoms with van der Waals surface area (Å²) in [6.45, 7) is 5.00. The van der Waals surface area contributed by atoms with E-state index in [-0.39, 0.29) is 0 Å². The Labute approximate surface area is 107 Å². The van der Waals surface area contributed by atoms with Gasteiger partial charge in [0.1, 0.15) is 0 Å². The third-order valence-corrected chi connectivity index (χ3v) is 1.91. The van der Waals surface area contributed by atoms with Crippen LogP contribution in [0.2, 0.25) is 0 Å². The van der Waals surface area contributed by atoms with Crippen molar-refractivity contribution in [2.24, 2.45) is 11.5 Å². The monoisotopic (exact) mass is 264 g/mol. The van der Waals surface area contributed by atoms with Gasteiger partial charge in [0.2, 0.25) is 0 Å². The van der Waals surface area contributed by atoms with E-state index in [1.54, 1.807) is 0 Å². The van der Waals surface area contributed by atoms with Crippen molar-refractivity contribution in [2.75, 3.05) is 26.2 Å². The van der Waals surface area contributed by atoms with E-state index < -0.39 is 12.2 Å². The molecule has 2 aliphatic rings. The van der Waals surface area contributed by atoms with Gasteiger partial charge in [0.15, 0.2) is 0 Å². The molecule has 2 rings (SSSR count). The molecule has 0 aromatic heterocycles. The maximum Gasteiger partial charge on any atom is 0.402 e. The molecule has 0 aromatic rings. The molecule has 108 valence electrons. The Balaban J connectivity index is 0. The van der Waals surface area contributed by atoms with Gasteiger partial charge in [0.25, 0.3) is 0 Å². The number of carbonyl (C=O) groups is 2. The highest BCUT2D eigenvalue weighted by Gasteiger charge is 1.93. The summed E-state index contributed by atoms with van der Waals surface area (Å²) in [7, 11) is 0. The van der Waals surface area contributed by atoms with Crippen molar-refractivity contribution in [1.82, 2.24) is 10.6 Å². The van der Waals surface area contributed by atoms with Gasteiger partial charge in [-0.15, -0.1) is 0 Å². The van der Waals surface area contributed by atoms with Crippen molar-refractivity contribution in [3.8, 4) is 0 Å². The summed E-state index contributed by atoms with van der Waals surface area (Å²) in [4.78, 5) is 17.6. The Morgan fingerprint density at radius 2 is 0.889 bits per heavy atom. The summed E-state index contributed by atoms with van der Waals surface area (Å²) in [5.74, 6) is 0. The minimum Gasteiger partial charge on any atom is -0.465 e. The second-order valence-corrected chi connectivity index (χ2v) is 3.59. The number of primary amides is 2. The molecular weight excluding hydrogens is 240 g/mol. The van der Waals surface area contributed by atoms with Crippen LogP contribution < -0.4 is 22.1 Å². The molecule has 0 aliphatic carbocycles. The lowest BCUT2D eigenvalue weighted by molar-refractivity contribution is 0.204. The molecule has 2 amide bonds. The fourth-order valence-electron chi connectivity index (χ4n) is 1.25. The minimum absolute atomic E-state index is 1.25. The van der Waals surface area contributed by atoms with E-state index in [0.29, 0.717) is 0 Å². The van der Waals surface area contributed by atoms with Gasteiger partial charge < -0.3 is 32.3 Å². The molecule has 0 bridgehead atoms. The molecule has 8 N–H and O–H groups in total. The molecule has 2 heterocycles. The van der Waals surface area contributed by atoms with Crippen LogP contribution in [0, 0.1) is 0 Å². The van der Waals surface area contributed by atoms with Crippen LogP contribution in [-0.2, 0) is 0 Å². The van der Waals surface area contributed by atoms with Gasteiger partial charge in [-0.25, -0.2) is 9.59 Å². The summed E-state index contributed by atoms with van der Waals surface area (Å²) < 4.78 is 0. The molecule has 0 spiro atoms. The average molecular weight is 264 g/mol. The van der Waals surface area contributed by atoms with Gasteiger partial charge in [0.05, 0.1) is 0 Å². The van der Waals surface area contributed by atoms with E-state index in [0.717, 1.165) is 0 Å². The number of nitrogens with one attached hydrogen (secondary N) is 2. The maximum absolute atomic E-state index is 8.78. The van der Waals surface area contributed by atoms with Crippen molar-refractivity contribution >= 4 is 12.2 Å². The van der Waals surface area contributed by atoms with Crippen LogP contribution in [-0.4, -0.2) is 48.6 Å². The van der Waals surface area contributed by atoms with E-state index in [2.05, 4.69) is 22.1 Å². The van der Waals surface area contributed by atoms with Crippen molar-refractivity contribution in [2.45, 2.75) is 25.7 Å². The summed E-state index contributed by atoms with van der Waals surface area (Å²) in [6, 6.07) is 0. The van der Waals surface area contributed by atoms with Crippen LogP contribution in [0.3, 0.4) is 0 Å². The molecule has 8 nitrogen and oxygen atoms in total. The van der Waals surface area contributed by atoms with Gasteiger partial charge in [-0.3, -0.25) is 0 Å². The van der Waals surface area contributed by atoms with Gasteiger partial charge in [0, 0.05) is 0 Å². The molecule has 2 aliphatic heterocycles. The second-order valence-electron chi connectivity index (χ2n) is 3.59. The second kappa shape index (κ2) is 15.5. The number of rotatable bonds is 0. The topological polar surface area (TPSA) is 151 Å².